The first kappa shape index (κ1) is 10.5. The van der Waals surface area contributed by atoms with Gasteiger partial charge in [-0.25, -0.2) is 10.8 Å². The Hall–Kier alpha value is -1.03. The molecule has 78 valence electrons. The van der Waals surface area contributed by atoms with Gasteiger partial charge in [-0.1, -0.05) is 23.2 Å². The Kier molecular flexibility index (Phi) is 2.69. The van der Waals surface area contributed by atoms with E-state index in [1.54, 1.807) is 12.1 Å². The zero-order chi connectivity index (χ0) is 11.0. The van der Waals surface area contributed by atoms with Gasteiger partial charge in [-0.15, -0.1) is 0 Å². The van der Waals surface area contributed by atoms with Crippen LogP contribution in [0.3, 0.4) is 0 Å². The number of pyridine rings is 1. The molecule has 0 radical (unpaired) electrons. The second-order valence-corrected chi connectivity index (χ2v) is 4.04. The molecule has 0 aliphatic carbocycles. The van der Waals surface area contributed by atoms with Crippen LogP contribution in [0.15, 0.2) is 18.2 Å². The number of hydrogen-bond acceptors (Lipinski definition) is 3. The van der Waals surface area contributed by atoms with Gasteiger partial charge >= 0.3 is 0 Å². The molecule has 0 aliphatic rings. The fraction of sp³-hybridized carbons (Fsp3) is 0.100. The monoisotopic (exact) mass is 241 g/mol. The summed E-state index contributed by atoms with van der Waals surface area (Å²) in [6.45, 7) is 1.90. The second-order valence-electron chi connectivity index (χ2n) is 3.22. The topological polar surface area (TPSA) is 50.9 Å². The number of nitrogens with zero attached hydrogens (tertiary/aromatic N) is 1. The summed E-state index contributed by atoms with van der Waals surface area (Å²) in [5.41, 5.74) is 4.10. The molecule has 0 bridgehead atoms. The summed E-state index contributed by atoms with van der Waals surface area (Å²) in [4.78, 5) is 4.30. The number of aryl methyl sites for hydroxylation is 1. The fourth-order valence-electron chi connectivity index (χ4n) is 1.44. The highest BCUT2D eigenvalue weighted by atomic mass is 35.5. The normalized spacial score (nSPS) is 10.7. The van der Waals surface area contributed by atoms with Crippen molar-refractivity contribution >= 4 is 39.9 Å². The van der Waals surface area contributed by atoms with E-state index in [-0.39, 0.29) is 0 Å². The lowest BCUT2D eigenvalue weighted by molar-refractivity contribution is 1.23. The molecule has 1 aromatic heterocycles. The van der Waals surface area contributed by atoms with Crippen molar-refractivity contribution in [2.45, 2.75) is 6.92 Å². The lowest BCUT2D eigenvalue weighted by atomic mass is 10.1. The van der Waals surface area contributed by atoms with E-state index in [0.717, 1.165) is 10.9 Å². The van der Waals surface area contributed by atoms with Crippen LogP contribution in [0.1, 0.15) is 5.56 Å². The number of anilines is 1. The van der Waals surface area contributed by atoms with Crippen LogP contribution in [0.4, 0.5) is 5.82 Å². The Labute approximate surface area is 97.2 Å². The standard InChI is InChI=1S/C10H9Cl2N3/c1-5-4-6-7(11)2-3-8(12)9(6)14-10(5)15-13/h2-4H,13H2,1H3,(H,14,15). The average Bonchev–Trinajstić information content (AvgIpc) is 2.23. The molecule has 0 unspecified atom stereocenters. The largest absolute Gasteiger partial charge is 0.308 e. The molecule has 0 atom stereocenters. The summed E-state index contributed by atoms with van der Waals surface area (Å²) < 4.78 is 0. The molecule has 0 saturated carbocycles. The van der Waals surface area contributed by atoms with Crippen LogP contribution in [-0.4, -0.2) is 4.98 Å². The quantitative estimate of drug-likeness (QED) is 0.596. The van der Waals surface area contributed by atoms with Crippen molar-refractivity contribution in [2.75, 3.05) is 5.43 Å². The lowest BCUT2D eigenvalue weighted by Crippen LogP contribution is -2.10. The summed E-state index contributed by atoms with van der Waals surface area (Å²) in [6.07, 6.45) is 0. The van der Waals surface area contributed by atoms with Gasteiger partial charge in [0.15, 0.2) is 0 Å². The van der Waals surface area contributed by atoms with Crippen LogP contribution < -0.4 is 11.3 Å². The summed E-state index contributed by atoms with van der Waals surface area (Å²) in [5, 5.41) is 2.03. The van der Waals surface area contributed by atoms with E-state index in [0.29, 0.717) is 21.4 Å². The van der Waals surface area contributed by atoms with E-state index in [1.807, 2.05) is 13.0 Å². The molecule has 5 heteroatoms. The van der Waals surface area contributed by atoms with Crippen molar-refractivity contribution in [3.63, 3.8) is 0 Å². The molecule has 1 heterocycles. The van der Waals surface area contributed by atoms with Gasteiger partial charge in [0.1, 0.15) is 5.82 Å². The molecule has 0 saturated heterocycles. The Morgan fingerprint density at radius 1 is 1.27 bits per heavy atom. The highest BCUT2D eigenvalue weighted by Gasteiger charge is 2.08. The van der Waals surface area contributed by atoms with E-state index in [4.69, 9.17) is 29.0 Å². The zero-order valence-electron chi connectivity index (χ0n) is 8.01. The van der Waals surface area contributed by atoms with Crippen LogP contribution in [0.5, 0.6) is 0 Å². The smallest absolute Gasteiger partial charge is 0.143 e. The van der Waals surface area contributed by atoms with Crippen LogP contribution in [0.2, 0.25) is 10.0 Å². The van der Waals surface area contributed by atoms with Crippen molar-refractivity contribution in [1.29, 1.82) is 0 Å². The van der Waals surface area contributed by atoms with Gasteiger partial charge < -0.3 is 5.43 Å². The van der Waals surface area contributed by atoms with E-state index < -0.39 is 0 Å². The minimum atomic E-state index is 0.561. The number of nitrogens with one attached hydrogen (secondary N) is 1. The van der Waals surface area contributed by atoms with Crippen molar-refractivity contribution in [3.8, 4) is 0 Å². The van der Waals surface area contributed by atoms with Crippen molar-refractivity contribution in [3.05, 3.63) is 33.8 Å². The molecule has 0 aliphatic heterocycles. The van der Waals surface area contributed by atoms with Crippen LogP contribution in [0.25, 0.3) is 10.9 Å². The molecular formula is C10H9Cl2N3. The van der Waals surface area contributed by atoms with E-state index in [1.165, 1.54) is 0 Å². The number of aromatic nitrogens is 1. The second kappa shape index (κ2) is 3.85. The van der Waals surface area contributed by atoms with Crippen LogP contribution >= 0.6 is 23.2 Å². The Morgan fingerprint density at radius 3 is 2.60 bits per heavy atom. The number of halogens is 2. The van der Waals surface area contributed by atoms with Crippen LogP contribution in [0, 0.1) is 6.92 Å². The number of fused-ring (bicyclic) bond motifs is 1. The van der Waals surface area contributed by atoms with Crippen molar-refractivity contribution < 1.29 is 0 Å². The fourth-order valence-corrected chi connectivity index (χ4v) is 1.85. The summed E-state index contributed by atoms with van der Waals surface area (Å²) >= 11 is 12.1. The molecule has 0 fully saturated rings. The third kappa shape index (κ3) is 1.74. The number of benzene rings is 1. The third-order valence-electron chi connectivity index (χ3n) is 2.21. The molecule has 2 aromatic rings. The number of rotatable bonds is 1. The van der Waals surface area contributed by atoms with Crippen molar-refractivity contribution in [2.24, 2.45) is 5.84 Å². The maximum Gasteiger partial charge on any atom is 0.143 e. The predicted octanol–water partition coefficient (Wildman–Crippen LogP) is 3.14. The highest BCUT2D eigenvalue weighted by Crippen LogP contribution is 2.30. The third-order valence-corrected chi connectivity index (χ3v) is 2.84. The molecule has 2 rings (SSSR count). The number of hydrogen-bond donors (Lipinski definition) is 2. The van der Waals surface area contributed by atoms with Gasteiger partial charge in [0, 0.05) is 5.39 Å². The summed E-state index contributed by atoms with van der Waals surface area (Å²) in [6, 6.07) is 5.38. The maximum absolute atomic E-state index is 6.05. The Balaban J connectivity index is 2.86. The minimum Gasteiger partial charge on any atom is -0.308 e. The van der Waals surface area contributed by atoms with Gasteiger partial charge in [-0.05, 0) is 30.7 Å². The van der Waals surface area contributed by atoms with Gasteiger partial charge in [0.2, 0.25) is 0 Å². The Bertz CT molecular complexity index is 526. The predicted molar refractivity (Wildman–Crippen MR) is 64.3 cm³/mol. The SMILES string of the molecule is Cc1cc2c(Cl)ccc(Cl)c2nc1NN. The first-order chi connectivity index (χ1) is 7.13. The molecule has 0 amide bonds. The van der Waals surface area contributed by atoms with Gasteiger partial charge in [-0.2, -0.15) is 0 Å². The number of nitrogens with two attached hydrogens (primary N) is 1. The number of hydrazine groups is 1. The minimum absolute atomic E-state index is 0.561. The highest BCUT2D eigenvalue weighted by molar-refractivity contribution is 6.39. The molecule has 3 nitrogen and oxygen atoms in total. The molecule has 3 N–H and O–H groups in total. The molecule has 15 heavy (non-hydrogen) atoms. The molecular weight excluding hydrogens is 233 g/mol. The van der Waals surface area contributed by atoms with Crippen molar-refractivity contribution in [1.82, 2.24) is 4.98 Å². The van der Waals surface area contributed by atoms with Gasteiger partial charge in [-0.3, -0.25) is 0 Å². The number of nitrogen functional groups attached to an aromatic ring is 1. The van der Waals surface area contributed by atoms with Crippen LogP contribution in [-0.2, 0) is 0 Å². The zero-order valence-corrected chi connectivity index (χ0v) is 9.52. The van der Waals surface area contributed by atoms with Gasteiger partial charge in [0.05, 0.1) is 15.6 Å². The van der Waals surface area contributed by atoms with Gasteiger partial charge in [0.25, 0.3) is 0 Å². The Morgan fingerprint density at radius 2 is 1.93 bits per heavy atom. The molecule has 0 spiro atoms. The first-order valence-electron chi connectivity index (χ1n) is 4.35. The van der Waals surface area contributed by atoms with E-state index >= 15 is 0 Å². The van der Waals surface area contributed by atoms with E-state index in [2.05, 4.69) is 10.4 Å². The maximum atomic E-state index is 6.05. The lowest BCUT2D eigenvalue weighted by Gasteiger charge is -2.08. The first-order valence-corrected chi connectivity index (χ1v) is 5.11. The van der Waals surface area contributed by atoms with E-state index in [9.17, 15) is 0 Å². The average molecular weight is 242 g/mol. The summed E-state index contributed by atoms with van der Waals surface area (Å²) in [7, 11) is 0. The summed E-state index contributed by atoms with van der Waals surface area (Å²) in [5.74, 6) is 5.94. The molecule has 1 aromatic carbocycles.